The normalized spacial score (nSPS) is 16.5. The summed E-state index contributed by atoms with van der Waals surface area (Å²) in [5, 5.41) is 7.28. The lowest BCUT2D eigenvalue weighted by Crippen LogP contribution is -2.44. The molecule has 0 saturated carbocycles. The summed E-state index contributed by atoms with van der Waals surface area (Å²) in [5.74, 6) is 0.632. The first-order valence-electron chi connectivity index (χ1n) is 6.07. The third kappa shape index (κ3) is 3.21. The predicted octanol–water partition coefficient (Wildman–Crippen LogP) is -0.492. The van der Waals surface area contributed by atoms with E-state index in [9.17, 15) is 8.42 Å². The van der Waals surface area contributed by atoms with Crippen LogP contribution < -0.4 is 15.8 Å². The van der Waals surface area contributed by atoms with Crippen LogP contribution in [-0.2, 0) is 10.0 Å². The molecule has 0 aromatic carbocycles. The summed E-state index contributed by atoms with van der Waals surface area (Å²) in [4.78, 5) is 0. The van der Waals surface area contributed by atoms with E-state index in [1.165, 1.54) is 0 Å². The highest BCUT2D eigenvalue weighted by atomic mass is 32.2. The quantitative estimate of drug-likeness (QED) is 0.582. The molecule has 2 heterocycles. The molecular weight excluding hydrogens is 254 g/mol. The Bertz CT molecular complexity index is 480. The van der Waals surface area contributed by atoms with Crippen molar-refractivity contribution < 1.29 is 8.42 Å². The molecule has 1 aromatic heterocycles. The number of hydrogen-bond acceptors (Lipinski definition) is 5. The van der Waals surface area contributed by atoms with Gasteiger partial charge in [-0.2, -0.15) is 5.10 Å². The monoisotopic (exact) mass is 273 g/mol. The lowest BCUT2D eigenvalue weighted by molar-refractivity contribution is 0.322. The number of nitrogens with zero attached hydrogens (tertiary/aromatic N) is 2. The smallest absolute Gasteiger partial charge is 0.233 e. The second kappa shape index (κ2) is 5.68. The number of sulfonamides is 1. The third-order valence-electron chi connectivity index (χ3n) is 2.90. The van der Waals surface area contributed by atoms with Crippen LogP contribution in [0.2, 0.25) is 0 Å². The Kier molecular flexibility index (Phi) is 4.20. The van der Waals surface area contributed by atoms with Crippen LogP contribution in [0.25, 0.3) is 0 Å². The SMILES string of the molecule is NCCCCS(=O)(=O)Nc1ccnn1C1CNC1. The highest BCUT2D eigenvalue weighted by Gasteiger charge is 2.23. The Labute approximate surface area is 107 Å². The van der Waals surface area contributed by atoms with Gasteiger partial charge in [0.05, 0.1) is 18.0 Å². The Balaban J connectivity index is 1.97. The molecule has 8 heteroatoms. The summed E-state index contributed by atoms with van der Waals surface area (Å²) >= 11 is 0. The molecule has 0 spiro atoms. The molecular formula is C10H19N5O2S. The van der Waals surface area contributed by atoms with Gasteiger partial charge in [0.25, 0.3) is 0 Å². The van der Waals surface area contributed by atoms with Crippen molar-refractivity contribution in [1.82, 2.24) is 15.1 Å². The summed E-state index contributed by atoms with van der Waals surface area (Å²) in [6.07, 6.45) is 2.90. The molecule has 4 N–H and O–H groups in total. The molecule has 0 aliphatic carbocycles. The van der Waals surface area contributed by atoms with Gasteiger partial charge in [-0.25, -0.2) is 13.1 Å². The van der Waals surface area contributed by atoms with E-state index in [1.54, 1.807) is 16.9 Å². The molecule has 1 aliphatic heterocycles. The van der Waals surface area contributed by atoms with Gasteiger partial charge in [0.1, 0.15) is 5.82 Å². The van der Waals surface area contributed by atoms with Crippen LogP contribution in [0.15, 0.2) is 12.3 Å². The minimum Gasteiger partial charge on any atom is -0.330 e. The van der Waals surface area contributed by atoms with Gasteiger partial charge in [-0.1, -0.05) is 0 Å². The maximum atomic E-state index is 11.8. The van der Waals surface area contributed by atoms with Gasteiger partial charge in [-0.15, -0.1) is 0 Å². The van der Waals surface area contributed by atoms with Crippen LogP contribution in [0.4, 0.5) is 5.82 Å². The van der Waals surface area contributed by atoms with E-state index in [4.69, 9.17) is 5.73 Å². The molecule has 0 atom stereocenters. The van der Waals surface area contributed by atoms with Crippen LogP contribution in [-0.4, -0.2) is 43.6 Å². The van der Waals surface area contributed by atoms with E-state index in [1.807, 2.05) is 0 Å². The van der Waals surface area contributed by atoms with Crippen molar-refractivity contribution in [3.05, 3.63) is 12.3 Å². The average molecular weight is 273 g/mol. The lowest BCUT2D eigenvalue weighted by Gasteiger charge is -2.28. The Hall–Kier alpha value is -1.12. The van der Waals surface area contributed by atoms with Crippen molar-refractivity contribution in [2.75, 3.05) is 30.1 Å². The van der Waals surface area contributed by atoms with Gasteiger partial charge in [-0.3, -0.25) is 4.72 Å². The molecule has 0 radical (unpaired) electrons. The van der Waals surface area contributed by atoms with Crippen molar-refractivity contribution >= 4 is 15.8 Å². The maximum absolute atomic E-state index is 11.8. The number of unbranched alkanes of at least 4 members (excludes halogenated alkanes) is 1. The van der Waals surface area contributed by atoms with Crippen molar-refractivity contribution in [2.24, 2.45) is 5.73 Å². The minimum atomic E-state index is -3.30. The highest BCUT2D eigenvalue weighted by molar-refractivity contribution is 7.92. The molecule has 18 heavy (non-hydrogen) atoms. The summed E-state index contributed by atoms with van der Waals surface area (Å²) in [7, 11) is -3.30. The average Bonchev–Trinajstić information content (AvgIpc) is 2.63. The fourth-order valence-corrected chi connectivity index (χ4v) is 2.95. The van der Waals surface area contributed by atoms with Crippen molar-refractivity contribution in [3.8, 4) is 0 Å². The van der Waals surface area contributed by atoms with E-state index < -0.39 is 10.0 Å². The molecule has 1 saturated heterocycles. The molecule has 1 aliphatic rings. The number of nitrogens with two attached hydrogens (primary N) is 1. The standard InChI is InChI=1S/C10H19N5O2S/c11-4-1-2-6-18(16,17)14-10-3-5-13-15(10)9-7-12-8-9/h3,5,9,12,14H,1-2,4,6-8,11H2. The number of anilines is 1. The number of nitrogens with one attached hydrogen (secondary N) is 2. The fraction of sp³-hybridized carbons (Fsp3) is 0.700. The molecule has 7 nitrogen and oxygen atoms in total. The largest absolute Gasteiger partial charge is 0.330 e. The van der Waals surface area contributed by atoms with Gasteiger partial charge in [0, 0.05) is 19.2 Å². The predicted molar refractivity (Wildman–Crippen MR) is 69.8 cm³/mol. The van der Waals surface area contributed by atoms with Gasteiger partial charge in [0.2, 0.25) is 10.0 Å². The van der Waals surface area contributed by atoms with E-state index in [0.717, 1.165) is 13.1 Å². The third-order valence-corrected chi connectivity index (χ3v) is 4.25. The van der Waals surface area contributed by atoms with Gasteiger partial charge in [-0.05, 0) is 19.4 Å². The first kappa shape index (κ1) is 13.3. The van der Waals surface area contributed by atoms with Gasteiger partial charge < -0.3 is 11.1 Å². The Morgan fingerprint density at radius 2 is 2.28 bits per heavy atom. The zero-order valence-corrected chi connectivity index (χ0v) is 11.0. The van der Waals surface area contributed by atoms with Crippen molar-refractivity contribution in [3.63, 3.8) is 0 Å². The van der Waals surface area contributed by atoms with Crippen molar-refractivity contribution in [1.29, 1.82) is 0 Å². The zero-order valence-electron chi connectivity index (χ0n) is 10.2. The van der Waals surface area contributed by atoms with Crippen LogP contribution >= 0.6 is 0 Å². The number of rotatable bonds is 7. The van der Waals surface area contributed by atoms with E-state index >= 15 is 0 Å². The molecule has 0 bridgehead atoms. The topological polar surface area (TPSA) is 102 Å². The Morgan fingerprint density at radius 3 is 2.89 bits per heavy atom. The van der Waals surface area contributed by atoms with E-state index in [-0.39, 0.29) is 11.8 Å². The van der Waals surface area contributed by atoms with E-state index in [2.05, 4.69) is 15.1 Å². The summed E-state index contributed by atoms with van der Waals surface area (Å²) in [6.45, 7) is 2.16. The first-order valence-corrected chi connectivity index (χ1v) is 7.72. The summed E-state index contributed by atoms with van der Waals surface area (Å²) in [5.41, 5.74) is 5.35. The summed E-state index contributed by atoms with van der Waals surface area (Å²) < 4.78 is 28.0. The van der Waals surface area contributed by atoms with Crippen LogP contribution in [0.3, 0.4) is 0 Å². The first-order chi connectivity index (χ1) is 8.62. The minimum absolute atomic E-state index is 0.0955. The molecule has 0 amide bonds. The highest BCUT2D eigenvalue weighted by Crippen LogP contribution is 2.18. The van der Waals surface area contributed by atoms with Crippen LogP contribution in [0, 0.1) is 0 Å². The molecule has 2 rings (SSSR count). The van der Waals surface area contributed by atoms with Crippen LogP contribution in [0.5, 0.6) is 0 Å². The fourth-order valence-electron chi connectivity index (χ4n) is 1.78. The maximum Gasteiger partial charge on any atom is 0.233 e. The molecule has 1 aromatic rings. The lowest BCUT2D eigenvalue weighted by atomic mass is 10.2. The number of aromatic nitrogens is 2. The molecule has 0 unspecified atom stereocenters. The second-order valence-corrected chi connectivity index (χ2v) is 6.23. The van der Waals surface area contributed by atoms with Crippen LogP contribution in [0.1, 0.15) is 18.9 Å². The zero-order chi connectivity index (χ0) is 13.0. The van der Waals surface area contributed by atoms with E-state index in [0.29, 0.717) is 25.2 Å². The summed E-state index contributed by atoms with van der Waals surface area (Å²) in [6, 6.07) is 1.92. The van der Waals surface area contributed by atoms with Gasteiger partial charge >= 0.3 is 0 Å². The molecule has 102 valence electrons. The van der Waals surface area contributed by atoms with Crippen molar-refractivity contribution in [2.45, 2.75) is 18.9 Å². The van der Waals surface area contributed by atoms with Gasteiger partial charge in [0.15, 0.2) is 0 Å². The number of hydrogen-bond donors (Lipinski definition) is 3. The Morgan fingerprint density at radius 1 is 1.50 bits per heavy atom. The second-order valence-electron chi connectivity index (χ2n) is 4.39. The molecule has 1 fully saturated rings.